The van der Waals surface area contributed by atoms with E-state index in [1.807, 2.05) is 44.2 Å². The van der Waals surface area contributed by atoms with Crippen molar-refractivity contribution in [2.75, 3.05) is 39.9 Å². The Labute approximate surface area is 208 Å². The molecule has 0 fully saturated rings. The molecule has 32 heavy (non-hydrogen) atoms. The second-order valence-electron chi connectivity index (χ2n) is 6.83. The number of carbonyl (C=O) groups is 1. The topological polar surface area (TPSA) is 84.0 Å². The van der Waals surface area contributed by atoms with E-state index in [1.165, 1.54) is 5.56 Å². The van der Waals surface area contributed by atoms with E-state index in [2.05, 4.69) is 27.0 Å². The third-order valence-electron chi connectivity index (χ3n) is 4.50. The third-order valence-corrected chi connectivity index (χ3v) is 4.50. The van der Waals surface area contributed by atoms with Crippen LogP contribution in [-0.4, -0.2) is 51.8 Å². The first-order valence-electron chi connectivity index (χ1n) is 10.8. The first-order chi connectivity index (χ1) is 15.2. The Morgan fingerprint density at radius 3 is 2.41 bits per heavy atom. The zero-order valence-corrected chi connectivity index (χ0v) is 21.5. The minimum atomic E-state index is -0.0738. The molecule has 0 bridgehead atoms. The van der Waals surface area contributed by atoms with Crippen molar-refractivity contribution < 1.29 is 14.3 Å². The number of nitrogens with one attached hydrogen (secondary N) is 3. The van der Waals surface area contributed by atoms with Crippen LogP contribution in [0.5, 0.6) is 11.5 Å². The molecule has 0 unspecified atom stereocenters. The Hall–Kier alpha value is -2.49. The highest BCUT2D eigenvalue weighted by Crippen LogP contribution is 2.28. The molecule has 0 atom stereocenters. The number of aliphatic imine (C=N–C) groups is 1. The Bertz CT molecular complexity index is 831. The van der Waals surface area contributed by atoms with Crippen LogP contribution in [0.1, 0.15) is 36.2 Å². The van der Waals surface area contributed by atoms with Gasteiger partial charge in [0.2, 0.25) is 0 Å². The maximum Gasteiger partial charge on any atom is 0.251 e. The molecule has 0 saturated heterocycles. The molecular formula is C24H35IN4O3. The van der Waals surface area contributed by atoms with E-state index < -0.39 is 0 Å². The van der Waals surface area contributed by atoms with Crippen molar-refractivity contribution in [3.63, 3.8) is 0 Å². The van der Waals surface area contributed by atoms with Crippen molar-refractivity contribution in [3.8, 4) is 11.5 Å². The van der Waals surface area contributed by atoms with Crippen LogP contribution in [0.3, 0.4) is 0 Å². The summed E-state index contributed by atoms with van der Waals surface area (Å²) in [5, 5.41) is 9.39. The van der Waals surface area contributed by atoms with E-state index >= 15 is 0 Å². The van der Waals surface area contributed by atoms with E-state index in [1.54, 1.807) is 19.2 Å². The van der Waals surface area contributed by atoms with Crippen LogP contribution < -0.4 is 25.4 Å². The molecule has 2 aromatic rings. The number of benzene rings is 2. The largest absolute Gasteiger partial charge is 0.493 e. The Balaban J connectivity index is 0.00000512. The fourth-order valence-electron chi connectivity index (χ4n) is 3.01. The molecule has 0 aliphatic heterocycles. The van der Waals surface area contributed by atoms with Crippen LogP contribution in [0.2, 0.25) is 0 Å². The predicted molar refractivity (Wildman–Crippen MR) is 141 cm³/mol. The fourth-order valence-corrected chi connectivity index (χ4v) is 3.01. The van der Waals surface area contributed by atoms with Crippen molar-refractivity contribution in [2.24, 2.45) is 4.99 Å². The molecular weight excluding hydrogens is 519 g/mol. The number of aryl methyl sites for hydroxylation is 1. The summed E-state index contributed by atoms with van der Waals surface area (Å²) < 4.78 is 11.0. The maximum absolute atomic E-state index is 12.1. The number of hydrogen-bond acceptors (Lipinski definition) is 4. The quantitative estimate of drug-likeness (QED) is 0.162. The van der Waals surface area contributed by atoms with E-state index in [0.717, 1.165) is 36.8 Å². The summed E-state index contributed by atoms with van der Waals surface area (Å²) in [5.41, 5.74) is 1.86. The Kier molecular flexibility index (Phi) is 13.9. The van der Waals surface area contributed by atoms with Crippen molar-refractivity contribution in [1.29, 1.82) is 0 Å². The van der Waals surface area contributed by atoms with Gasteiger partial charge in [0, 0.05) is 31.7 Å². The smallest absolute Gasteiger partial charge is 0.251 e. The minimum absolute atomic E-state index is 0. The highest BCUT2D eigenvalue weighted by atomic mass is 127. The molecule has 7 nitrogen and oxygen atoms in total. The molecule has 0 aliphatic rings. The zero-order chi connectivity index (χ0) is 22.3. The van der Waals surface area contributed by atoms with Crippen molar-refractivity contribution in [2.45, 2.75) is 26.7 Å². The number of halogens is 1. The monoisotopic (exact) mass is 554 g/mol. The lowest BCUT2D eigenvalue weighted by Gasteiger charge is -2.12. The van der Waals surface area contributed by atoms with E-state index in [-0.39, 0.29) is 29.9 Å². The SMILES string of the molecule is CCNC(=NCCCc1ccc(OC)c(OCC)c1)NCCNC(=O)c1ccccc1.I. The number of amides is 1. The molecule has 2 rings (SSSR count). The molecule has 0 heterocycles. The molecule has 176 valence electrons. The molecule has 8 heteroatoms. The summed E-state index contributed by atoms with van der Waals surface area (Å²) in [7, 11) is 1.65. The van der Waals surface area contributed by atoms with Crippen LogP contribution in [0, 0.1) is 0 Å². The van der Waals surface area contributed by atoms with Gasteiger partial charge in [-0.2, -0.15) is 0 Å². The van der Waals surface area contributed by atoms with Gasteiger partial charge in [0.15, 0.2) is 17.5 Å². The normalized spacial score (nSPS) is 10.7. The molecule has 0 aliphatic carbocycles. The fraction of sp³-hybridized carbons (Fsp3) is 0.417. The molecule has 0 radical (unpaired) electrons. The number of methoxy groups -OCH3 is 1. The van der Waals surface area contributed by atoms with Crippen molar-refractivity contribution >= 4 is 35.8 Å². The third kappa shape index (κ3) is 9.76. The van der Waals surface area contributed by atoms with Gasteiger partial charge >= 0.3 is 0 Å². The molecule has 3 N–H and O–H groups in total. The van der Waals surface area contributed by atoms with Crippen molar-refractivity contribution in [3.05, 3.63) is 59.7 Å². The predicted octanol–water partition coefficient (Wildman–Crippen LogP) is 3.63. The second-order valence-corrected chi connectivity index (χ2v) is 6.83. The number of nitrogens with zero attached hydrogens (tertiary/aromatic N) is 1. The van der Waals surface area contributed by atoms with E-state index in [9.17, 15) is 4.79 Å². The molecule has 1 amide bonds. The van der Waals surface area contributed by atoms with Gasteiger partial charge in [-0.3, -0.25) is 9.79 Å². The van der Waals surface area contributed by atoms with Gasteiger partial charge in [0.25, 0.3) is 5.91 Å². The summed E-state index contributed by atoms with van der Waals surface area (Å²) in [6.07, 6.45) is 1.82. The standard InChI is InChI=1S/C24H34N4O3.HI/c1-4-25-24(28-17-16-26-23(29)20-11-7-6-8-12-20)27-15-9-10-19-13-14-21(30-3)22(18-19)31-5-2;/h6-8,11-14,18H,4-5,9-10,15-17H2,1-3H3,(H,26,29)(H2,25,27,28);1H. The van der Waals surface area contributed by atoms with Gasteiger partial charge in [0.05, 0.1) is 13.7 Å². The molecule has 2 aromatic carbocycles. The van der Waals surface area contributed by atoms with Gasteiger partial charge in [-0.1, -0.05) is 24.3 Å². The van der Waals surface area contributed by atoms with Gasteiger partial charge in [-0.25, -0.2) is 0 Å². The highest BCUT2D eigenvalue weighted by molar-refractivity contribution is 14.0. The van der Waals surface area contributed by atoms with E-state index in [4.69, 9.17) is 9.47 Å². The molecule has 0 aromatic heterocycles. The number of guanidine groups is 1. The number of hydrogen-bond donors (Lipinski definition) is 3. The molecule has 0 saturated carbocycles. The second kappa shape index (κ2) is 16.2. The summed E-state index contributed by atoms with van der Waals surface area (Å²) in [4.78, 5) is 16.7. The lowest BCUT2D eigenvalue weighted by Crippen LogP contribution is -2.41. The zero-order valence-electron chi connectivity index (χ0n) is 19.1. The lowest BCUT2D eigenvalue weighted by molar-refractivity contribution is 0.0954. The van der Waals surface area contributed by atoms with Gasteiger partial charge in [0.1, 0.15) is 0 Å². The summed E-state index contributed by atoms with van der Waals surface area (Å²) in [6.45, 7) is 7.18. The van der Waals surface area contributed by atoms with Gasteiger partial charge in [-0.15, -0.1) is 24.0 Å². The number of rotatable bonds is 12. The number of ether oxygens (including phenoxy) is 2. The first kappa shape index (κ1) is 27.5. The highest BCUT2D eigenvalue weighted by Gasteiger charge is 2.06. The van der Waals surface area contributed by atoms with Crippen molar-refractivity contribution in [1.82, 2.24) is 16.0 Å². The lowest BCUT2D eigenvalue weighted by atomic mass is 10.1. The average molecular weight is 554 g/mol. The Morgan fingerprint density at radius 1 is 0.969 bits per heavy atom. The average Bonchev–Trinajstić information content (AvgIpc) is 2.80. The van der Waals surface area contributed by atoms with Gasteiger partial charge in [-0.05, 0) is 56.5 Å². The first-order valence-corrected chi connectivity index (χ1v) is 10.8. The Morgan fingerprint density at radius 2 is 1.72 bits per heavy atom. The van der Waals surface area contributed by atoms with Crippen LogP contribution in [0.25, 0.3) is 0 Å². The summed E-state index contributed by atoms with van der Waals surface area (Å²) in [6, 6.07) is 15.2. The van der Waals surface area contributed by atoms with Gasteiger partial charge < -0.3 is 25.4 Å². The summed E-state index contributed by atoms with van der Waals surface area (Å²) in [5.74, 6) is 2.21. The van der Waals surface area contributed by atoms with E-state index in [0.29, 0.717) is 31.8 Å². The van der Waals surface area contributed by atoms with Crippen LogP contribution >= 0.6 is 24.0 Å². The maximum atomic E-state index is 12.1. The van der Waals surface area contributed by atoms with Crippen LogP contribution in [0.15, 0.2) is 53.5 Å². The van der Waals surface area contributed by atoms with Crippen LogP contribution in [-0.2, 0) is 6.42 Å². The minimum Gasteiger partial charge on any atom is -0.493 e. The van der Waals surface area contributed by atoms with Crippen LogP contribution in [0.4, 0.5) is 0 Å². The molecule has 0 spiro atoms. The number of carbonyl (C=O) groups excluding carboxylic acids is 1. The summed E-state index contributed by atoms with van der Waals surface area (Å²) >= 11 is 0.